The Labute approximate surface area is 160 Å². The van der Waals surface area contributed by atoms with Gasteiger partial charge in [-0.05, 0) is 40.3 Å². The molecule has 0 spiro atoms. The topological polar surface area (TPSA) is 24.9 Å². The Bertz CT molecular complexity index is 828. The van der Waals surface area contributed by atoms with Crippen LogP contribution in [-0.2, 0) is 6.54 Å². The maximum Gasteiger partial charge on any atom is 0.131 e. The fourth-order valence-corrected chi connectivity index (χ4v) is 5.44. The molecule has 1 N–H and O–H groups in total. The van der Waals surface area contributed by atoms with Gasteiger partial charge in [-0.15, -0.1) is 11.3 Å². The molecule has 2 aromatic heterocycles. The molecule has 0 amide bonds. The number of pyridine rings is 1. The van der Waals surface area contributed by atoms with Crippen LogP contribution in [0.2, 0.25) is 5.15 Å². The molecule has 0 saturated carbocycles. The maximum absolute atomic E-state index is 6.27. The number of anilines is 1. The first-order valence-corrected chi connectivity index (χ1v) is 10.2. The van der Waals surface area contributed by atoms with Gasteiger partial charge >= 0.3 is 0 Å². The van der Waals surface area contributed by atoms with Crippen LogP contribution in [0.3, 0.4) is 0 Å². The molecule has 3 aromatic rings. The van der Waals surface area contributed by atoms with Crippen molar-refractivity contribution >= 4 is 54.8 Å². The lowest BCUT2D eigenvalue weighted by Crippen LogP contribution is -1.99. The van der Waals surface area contributed by atoms with Gasteiger partial charge in [0.05, 0.1) is 20.4 Å². The highest BCUT2D eigenvalue weighted by Gasteiger charge is 2.20. The number of nitrogens with zero attached hydrogens (tertiary/aromatic N) is 1. The summed E-state index contributed by atoms with van der Waals surface area (Å²) in [5, 5.41) is 4.05. The van der Waals surface area contributed by atoms with Crippen molar-refractivity contribution in [2.45, 2.75) is 39.2 Å². The van der Waals surface area contributed by atoms with Crippen LogP contribution in [0, 0.1) is 0 Å². The molecule has 3 rings (SSSR count). The molecule has 0 saturated heterocycles. The van der Waals surface area contributed by atoms with E-state index in [4.69, 9.17) is 11.6 Å². The lowest BCUT2D eigenvalue weighted by atomic mass is 10.0. The lowest BCUT2D eigenvalue weighted by molar-refractivity contribution is 0.651. The summed E-state index contributed by atoms with van der Waals surface area (Å²) in [5.41, 5.74) is 3.26. The fraction of sp³-hybridized carbons (Fsp3) is 0.316. The van der Waals surface area contributed by atoms with Crippen molar-refractivity contribution in [2.75, 3.05) is 5.32 Å². The molecule has 2 heterocycles. The number of nitrogens with one attached hydrogen (secondary N) is 1. The molecule has 2 nitrogen and oxygen atoms in total. The molecule has 0 aliphatic carbocycles. The highest BCUT2D eigenvalue weighted by molar-refractivity contribution is 9.10. The Morgan fingerprint density at radius 3 is 2.58 bits per heavy atom. The first-order valence-electron chi connectivity index (χ1n) is 8.20. The zero-order valence-corrected chi connectivity index (χ0v) is 16.9. The molecular formula is C19H20BrClN2S. The van der Waals surface area contributed by atoms with Gasteiger partial charge in [0.2, 0.25) is 0 Å². The zero-order chi connectivity index (χ0) is 17.1. The Kier molecular flexibility index (Phi) is 5.80. The summed E-state index contributed by atoms with van der Waals surface area (Å²) in [6, 6.07) is 12.3. The van der Waals surface area contributed by atoms with E-state index >= 15 is 0 Å². The second-order valence-corrected chi connectivity index (χ2v) is 8.04. The van der Waals surface area contributed by atoms with Gasteiger partial charge in [-0.3, -0.25) is 0 Å². The van der Waals surface area contributed by atoms with E-state index in [9.17, 15) is 0 Å². The highest BCUT2D eigenvalue weighted by atomic mass is 79.9. The second kappa shape index (κ2) is 7.85. The van der Waals surface area contributed by atoms with E-state index in [0.29, 0.717) is 11.1 Å². The van der Waals surface area contributed by atoms with Crippen LogP contribution in [0.15, 0.2) is 40.9 Å². The van der Waals surface area contributed by atoms with Crippen LogP contribution in [0.4, 0.5) is 5.69 Å². The summed E-state index contributed by atoms with van der Waals surface area (Å²) < 4.78 is 2.27. The Morgan fingerprint density at radius 1 is 1.21 bits per heavy atom. The summed E-state index contributed by atoms with van der Waals surface area (Å²) >= 11 is 11.8. The number of thiophene rings is 1. The summed E-state index contributed by atoms with van der Waals surface area (Å²) in [7, 11) is 0. The average Bonchev–Trinajstić information content (AvgIpc) is 2.92. The summed E-state index contributed by atoms with van der Waals surface area (Å²) in [6.07, 6.45) is 2.25. The third-order valence-corrected chi connectivity index (χ3v) is 6.89. The number of hydrogen-bond acceptors (Lipinski definition) is 3. The minimum Gasteiger partial charge on any atom is -0.380 e. The quantitative estimate of drug-likeness (QED) is 0.423. The van der Waals surface area contributed by atoms with E-state index < -0.39 is 0 Å². The Hall–Kier alpha value is -1.10. The number of fused-ring (bicyclic) bond motifs is 1. The van der Waals surface area contributed by atoms with E-state index in [1.165, 1.54) is 15.1 Å². The van der Waals surface area contributed by atoms with Gasteiger partial charge in [-0.1, -0.05) is 55.8 Å². The molecule has 0 aliphatic heterocycles. The molecule has 5 heteroatoms. The number of hydrogen-bond donors (Lipinski definition) is 1. The predicted molar refractivity (Wildman–Crippen MR) is 109 cm³/mol. The minimum atomic E-state index is 0.521. The van der Waals surface area contributed by atoms with Crippen molar-refractivity contribution in [2.24, 2.45) is 0 Å². The largest absolute Gasteiger partial charge is 0.380 e. The average molecular weight is 424 g/mol. The van der Waals surface area contributed by atoms with Crippen LogP contribution >= 0.6 is 38.9 Å². The van der Waals surface area contributed by atoms with Crippen LogP contribution in [0.1, 0.15) is 43.0 Å². The van der Waals surface area contributed by atoms with Gasteiger partial charge < -0.3 is 5.32 Å². The third-order valence-electron chi connectivity index (χ3n) is 4.26. The molecule has 126 valence electrons. The summed E-state index contributed by atoms with van der Waals surface area (Å²) in [5.74, 6) is 0.555. The van der Waals surface area contributed by atoms with Gasteiger partial charge in [0.15, 0.2) is 0 Å². The zero-order valence-electron chi connectivity index (χ0n) is 13.8. The van der Waals surface area contributed by atoms with Crippen molar-refractivity contribution < 1.29 is 0 Å². The SMILES string of the molecule is CCC(CC)c1sc2c(NCc3ccccc3)cc(Cl)nc2c1Br. The number of halogens is 2. The van der Waals surface area contributed by atoms with E-state index in [0.717, 1.165) is 35.1 Å². The molecule has 0 atom stereocenters. The van der Waals surface area contributed by atoms with Gasteiger partial charge in [0, 0.05) is 17.5 Å². The van der Waals surface area contributed by atoms with E-state index in [2.05, 4.69) is 64.3 Å². The van der Waals surface area contributed by atoms with Gasteiger partial charge in [-0.2, -0.15) is 0 Å². The Balaban J connectivity index is 1.99. The predicted octanol–water partition coefficient (Wildman–Crippen LogP) is 7.23. The Morgan fingerprint density at radius 2 is 1.92 bits per heavy atom. The molecule has 0 radical (unpaired) electrons. The monoisotopic (exact) mass is 422 g/mol. The molecule has 0 bridgehead atoms. The maximum atomic E-state index is 6.27. The van der Waals surface area contributed by atoms with Crippen molar-refractivity contribution in [3.63, 3.8) is 0 Å². The lowest BCUT2D eigenvalue weighted by Gasteiger charge is -2.09. The van der Waals surface area contributed by atoms with Crippen LogP contribution < -0.4 is 5.32 Å². The number of aromatic nitrogens is 1. The van der Waals surface area contributed by atoms with Crippen molar-refractivity contribution in [3.8, 4) is 0 Å². The fourth-order valence-electron chi connectivity index (χ4n) is 2.87. The molecular weight excluding hydrogens is 404 g/mol. The summed E-state index contributed by atoms with van der Waals surface area (Å²) in [6.45, 7) is 5.24. The van der Waals surface area contributed by atoms with Gasteiger partial charge in [0.25, 0.3) is 0 Å². The smallest absolute Gasteiger partial charge is 0.131 e. The van der Waals surface area contributed by atoms with E-state index in [1.807, 2.05) is 23.5 Å². The van der Waals surface area contributed by atoms with Crippen molar-refractivity contribution in [1.82, 2.24) is 4.98 Å². The van der Waals surface area contributed by atoms with Crippen molar-refractivity contribution in [3.05, 3.63) is 56.5 Å². The molecule has 0 fully saturated rings. The highest BCUT2D eigenvalue weighted by Crippen LogP contribution is 2.44. The first-order chi connectivity index (χ1) is 11.6. The van der Waals surface area contributed by atoms with Crippen LogP contribution in [0.25, 0.3) is 10.2 Å². The van der Waals surface area contributed by atoms with Crippen LogP contribution in [-0.4, -0.2) is 4.98 Å². The molecule has 0 unspecified atom stereocenters. The van der Waals surface area contributed by atoms with E-state index in [1.54, 1.807) is 0 Å². The first kappa shape index (κ1) is 17.7. The van der Waals surface area contributed by atoms with E-state index in [-0.39, 0.29) is 0 Å². The van der Waals surface area contributed by atoms with Gasteiger partial charge in [-0.25, -0.2) is 4.98 Å². The molecule has 0 aliphatic rings. The van der Waals surface area contributed by atoms with Crippen LogP contribution in [0.5, 0.6) is 0 Å². The standard InChI is InChI=1S/C19H20BrClN2S/c1-3-13(4-2)18-16(20)17-19(24-18)14(10-15(21)23-17)22-11-12-8-6-5-7-9-12/h5-10,13H,3-4,11H2,1-2H3,(H,22,23). The second-order valence-electron chi connectivity index (χ2n) is 5.80. The molecule has 24 heavy (non-hydrogen) atoms. The van der Waals surface area contributed by atoms with Gasteiger partial charge in [0.1, 0.15) is 5.15 Å². The van der Waals surface area contributed by atoms with Crippen molar-refractivity contribution in [1.29, 1.82) is 0 Å². The molecule has 1 aromatic carbocycles. The number of benzene rings is 1. The third kappa shape index (κ3) is 3.61. The number of rotatable bonds is 6. The normalized spacial score (nSPS) is 11.4. The minimum absolute atomic E-state index is 0.521. The summed E-state index contributed by atoms with van der Waals surface area (Å²) in [4.78, 5) is 5.92.